The number of esters is 2. The minimum absolute atomic E-state index is 0.0291. The maximum Gasteiger partial charge on any atom is 0.410 e. The van der Waals surface area contributed by atoms with Crippen molar-refractivity contribution in [2.45, 2.75) is 37.6 Å². The molecular weight excluding hydrogens is 562 g/mol. The molecule has 2 amide bonds. The summed E-state index contributed by atoms with van der Waals surface area (Å²) in [6.07, 6.45) is 0.692. The molecule has 1 saturated heterocycles. The van der Waals surface area contributed by atoms with Crippen LogP contribution in [-0.4, -0.2) is 82.0 Å². The number of carbonyl (C=O) groups excluding carboxylic acids is 4. The van der Waals surface area contributed by atoms with E-state index in [1.807, 2.05) is 0 Å². The van der Waals surface area contributed by atoms with E-state index in [9.17, 15) is 27.6 Å². The monoisotopic (exact) mass is 593 g/mol. The van der Waals surface area contributed by atoms with E-state index in [1.165, 1.54) is 59.0 Å². The summed E-state index contributed by atoms with van der Waals surface area (Å²) < 4.78 is 42.3. The Morgan fingerprint density at radius 2 is 1.70 bits per heavy atom. The second kappa shape index (κ2) is 12.4. The number of hydrogen-bond acceptors (Lipinski definition) is 10. The second-order valence-corrected chi connectivity index (χ2v) is 12.3. The maximum atomic E-state index is 13.1. The molecule has 0 radical (unpaired) electrons. The average molecular weight is 594 g/mol. The molecule has 2 aliphatic heterocycles. The standard InChI is InChI=1S/C26H31N3O9S2/c1-4-38-26(33)28-12-11-19-20(15-28)39-23(21(19)25(32)37-3)27-22(30)16-5-7-18(8-6-16)40(34,35)29-13-9-17(10-14-29)24(31)36-2/h5-8,17H,4,9-15H2,1-3H3,(H,27,30). The third-order valence-electron chi connectivity index (χ3n) is 6.94. The van der Waals surface area contributed by atoms with Crippen molar-refractivity contribution in [3.05, 3.63) is 45.8 Å². The van der Waals surface area contributed by atoms with Crippen LogP contribution < -0.4 is 5.32 Å². The van der Waals surface area contributed by atoms with Crippen LogP contribution in [0.25, 0.3) is 0 Å². The molecule has 0 saturated carbocycles. The van der Waals surface area contributed by atoms with Crippen LogP contribution in [0.4, 0.5) is 9.80 Å². The van der Waals surface area contributed by atoms with E-state index < -0.39 is 28.0 Å². The molecule has 1 N–H and O–H groups in total. The molecule has 216 valence electrons. The predicted molar refractivity (Wildman–Crippen MR) is 145 cm³/mol. The molecule has 0 aliphatic carbocycles. The molecule has 40 heavy (non-hydrogen) atoms. The van der Waals surface area contributed by atoms with Gasteiger partial charge < -0.3 is 24.4 Å². The highest BCUT2D eigenvalue weighted by Gasteiger charge is 2.33. The van der Waals surface area contributed by atoms with Crippen LogP contribution in [-0.2, 0) is 42.0 Å². The lowest BCUT2D eigenvalue weighted by atomic mass is 9.99. The number of carbonyl (C=O) groups is 4. The number of fused-ring (bicyclic) bond motifs is 1. The van der Waals surface area contributed by atoms with Gasteiger partial charge in [0.15, 0.2) is 0 Å². The third-order valence-corrected chi connectivity index (χ3v) is 9.99. The van der Waals surface area contributed by atoms with Gasteiger partial charge in [-0.15, -0.1) is 11.3 Å². The predicted octanol–water partition coefficient (Wildman–Crippen LogP) is 2.88. The number of nitrogens with zero attached hydrogens (tertiary/aromatic N) is 2. The Morgan fingerprint density at radius 1 is 1.02 bits per heavy atom. The first-order chi connectivity index (χ1) is 19.1. The van der Waals surface area contributed by atoms with Gasteiger partial charge in [0, 0.05) is 30.1 Å². The minimum Gasteiger partial charge on any atom is -0.469 e. The van der Waals surface area contributed by atoms with Crippen molar-refractivity contribution < 1.29 is 41.8 Å². The number of piperidine rings is 1. The van der Waals surface area contributed by atoms with Gasteiger partial charge in [-0.3, -0.25) is 9.59 Å². The molecule has 3 heterocycles. The summed E-state index contributed by atoms with van der Waals surface area (Å²) in [5.41, 5.74) is 1.15. The first kappa shape index (κ1) is 29.5. The first-order valence-corrected chi connectivity index (χ1v) is 15.0. The molecule has 12 nitrogen and oxygen atoms in total. The number of methoxy groups -OCH3 is 2. The molecule has 0 unspecified atom stereocenters. The summed E-state index contributed by atoms with van der Waals surface area (Å²) >= 11 is 1.18. The molecule has 2 aromatic rings. The number of anilines is 1. The van der Waals surface area contributed by atoms with E-state index in [4.69, 9.17) is 14.2 Å². The summed E-state index contributed by atoms with van der Waals surface area (Å²) in [4.78, 5) is 52.0. The minimum atomic E-state index is -3.81. The SMILES string of the molecule is CCOC(=O)N1CCc2c(sc(NC(=O)c3ccc(S(=O)(=O)N4CCC(C(=O)OC)CC4)cc3)c2C(=O)OC)C1. The quantitative estimate of drug-likeness (QED) is 0.378. The summed E-state index contributed by atoms with van der Waals surface area (Å²) in [7, 11) is -1.25. The number of hydrogen-bond donors (Lipinski definition) is 1. The van der Waals surface area contributed by atoms with Crippen molar-refractivity contribution in [2.24, 2.45) is 5.92 Å². The lowest BCUT2D eigenvalue weighted by Crippen LogP contribution is -2.40. The van der Waals surface area contributed by atoms with Crippen molar-refractivity contribution in [1.82, 2.24) is 9.21 Å². The summed E-state index contributed by atoms with van der Waals surface area (Å²) in [5.74, 6) is -1.80. The van der Waals surface area contributed by atoms with Crippen LogP contribution >= 0.6 is 11.3 Å². The van der Waals surface area contributed by atoms with Crippen LogP contribution in [0.2, 0.25) is 0 Å². The molecule has 0 bridgehead atoms. The summed E-state index contributed by atoms with van der Waals surface area (Å²) in [6, 6.07) is 5.51. The Kier molecular flexibility index (Phi) is 9.11. The topological polar surface area (TPSA) is 149 Å². The Hall–Kier alpha value is -3.49. The van der Waals surface area contributed by atoms with Crippen molar-refractivity contribution in [1.29, 1.82) is 0 Å². The molecule has 4 rings (SSSR count). The molecule has 2 aliphatic rings. The zero-order chi connectivity index (χ0) is 29.0. The first-order valence-electron chi connectivity index (χ1n) is 12.7. The fourth-order valence-corrected chi connectivity index (χ4v) is 7.50. The molecule has 1 aromatic heterocycles. The lowest BCUT2D eigenvalue weighted by molar-refractivity contribution is -0.146. The van der Waals surface area contributed by atoms with Crippen LogP contribution in [0.15, 0.2) is 29.2 Å². The van der Waals surface area contributed by atoms with Crippen LogP contribution in [0.3, 0.4) is 0 Å². The van der Waals surface area contributed by atoms with E-state index in [-0.39, 0.29) is 59.2 Å². The zero-order valence-corrected chi connectivity index (χ0v) is 24.1. The fourth-order valence-electron chi connectivity index (χ4n) is 4.78. The average Bonchev–Trinajstić information content (AvgIpc) is 3.33. The normalized spacial score (nSPS) is 16.1. The number of ether oxygens (including phenoxy) is 3. The molecule has 0 atom stereocenters. The van der Waals surface area contributed by atoms with Crippen LogP contribution in [0.5, 0.6) is 0 Å². The number of thiophene rings is 1. The Labute approximate surface area is 236 Å². The highest BCUT2D eigenvalue weighted by molar-refractivity contribution is 7.89. The van der Waals surface area contributed by atoms with Gasteiger partial charge >= 0.3 is 18.0 Å². The highest BCUT2D eigenvalue weighted by Crippen LogP contribution is 2.38. The Balaban J connectivity index is 1.49. The van der Waals surface area contributed by atoms with E-state index >= 15 is 0 Å². The van der Waals surface area contributed by atoms with Gasteiger partial charge in [0.1, 0.15) is 5.00 Å². The van der Waals surface area contributed by atoms with Gasteiger partial charge in [0.05, 0.1) is 43.7 Å². The number of nitrogens with one attached hydrogen (secondary N) is 1. The Bertz CT molecular complexity index is 1400. The van der Waals surface area contributed by atoms with Crippen LogP contribution in [0.1, 0.15) is 50.9 Å². The van der Waals surface area contributed by atoms with Gasteiger partial charge in [-0.1, -0.05) is 0 Å². The third kappa shape index (κ3) is 5.98. The summed E-state index contributed by atoms with van der Waals surface area (Å²) in [5, 5.41) is 3.04. The van der Waals surface area contributed by atoms with Gasteiger partial charge in [-0.2, -0.15) is 4.31 Å². The van der Waals surface area contributed by atoms with Gasteiger partial charge in [-0.05, 0) is 56.0 Å². The maximum absolute atomic E-state index is 13.1. The molecular formula is C26H31N3O9S2. The molecule has 14 heteroatoms. The summed E-state index contributed by atoms with van der Waals surface area (Å²) in [6.45, 7) is 2.95. The second-order valence-electron chi connectivity index (χ2n) is 9.25. The zero-order valence-electron chi connectivity index (χ0n) is 22.4. The van der Waals surface area contributed by atoms with Crippen molar-refractivity contribution in [3.63, 3.8) is 0 Å². The van der Waals surface area contributed by atoms with Gasteiger partial charge in [0.25, 0.3) is 5.91 Å². The molecule has 0 spiro atoms. The van der Waals surface area contributed by atoms with Crippen molar-refractivity contribution >= 4 is 50.3 Å². The number of benzene rings is 1. The number of sulfonamides is 1. The van der Waals surface area contributed by atoms with E-state index in [0.29, 0.717) is 31.4 Å². The number of amides is 2. The van der Waals surface area contributed by atoms with Crippen LogP contribution in [0, 0.1) is 5.92 Å². The van der Waals surface area contributed by atoms with E-state index in [2.05, 4.69) is 5.32 Å². The van der Waals surface area contributed by atoms with Crippen molar-refractivity contribution in [2.75, 3.05) is 45.8 Å². The van der Waals surface area contributed by atoms with Crippen molar-refractivity contribution in [3.8, 4) is 0 Å². The molecule has 1 aromatic carbocycles. The number of rotatable bonds is 7. The smallest absolute Gasteiger partial charge is 0.410 e. The highest BCUT2D eigenvalue weighted by atomic mass is 32.2. The molecule has 1 fully saturated rings. The Morgan fingerprint density at radius 3 is 2.30 bits per heavy atom. The van der Waals surface area contributed by atoms with E-state index in [0.717, 1.165) is 4.88 Å². The largest absolute Gasteiger partial charge is 0.469 e. The van der Waals surface area contributed by atoms with E-state index in [1.54, 1.807) is 6.92 Å². The lowest BCUT2D eigenvalue weighted by Gasteiger charge is -2.29. The van der Waals surface area contributed by atoms with Gasteiger partial charge in [0.2, 0.25) is 10.0 Å². The van der Waals surface area contributed by atoms with Gasteiger partial charge in [-0.25, -0.2) is 18.0 Å². The fraction of sp³-hybridized carbons (Fsp3) is 0.462.